The predicted octanol–water partition coefficient (Wildman–Crippen LogP) is 4.37. The Morgan fingerprint density at radius 2 is 1.79 bits per heavy atom. The molecule has 7 heteroatoms. The molecule has 0 aliphatic carbocycles. The highest BCUT2D eigenvalue weighted by molar-refractivity contribution is 9.10. The SMILES string of the molecule is Cc1cc(-c2cc(Br)ccc2F)nc(C(F)(F)F)n1. The summed E-state index contributed by atoms with van der Waals surface area (Å²) in [4.78, 5) is 6.69. The van der Waals surface area contributed by atoms with Gasteiger partial charge in [0.2, 0.25) is 5.82 Å². The number of nitrogens with zero attached hydrogens (tertiary/aromatic N) is 2. The second kappa shape index (κ2) is 4.88. The molecule has 1 aromatic carbocycles. The van der Waals surface area contributed by atoms with Crippen LogP contribution in [-0.4, -0.2) is 9.97 Å². The molecule has 100 valence electrons. The molecule has 0 N–H and O–H groups in total. The lowest BCUT2D eigenvalue weighted by molar-refractivity contribution is -0.145. The molecule has 2 aromatic rings. The van der Waals surface area contributed by atoms with E-state index >= 15 is 0 Å². The largest absolute Gasteiger partial charge is 0.451 e. The van der Waals surface area contributed by atoms with E-state index in [9.17, 15) is 17.6 Å². The van der Waals surface area contributed by atoms with Gasteiger partial charge in [-0.2, -0.15) is 13.2 Å². The fourth-order valence-corrected chi connectivity index (χ4v) is 1.89. The zero-order chi connectivity index (χ0) is 14.2. The van der Waals surface area contributed by atoms with E-state index in [1.165, 1.54) is 25.1 Å². The summed E-state index contributed by atoms with van der Waals surface area (Å²) >= 11 is 3.14. The smallest absolute Gasteiger partial charge is 0.230 e. The summed E-state index contributed by atoms with van der Waals surface area (Å²) in [5, 5.41) is 0. The molecular formula is C12H7BrF4N2. The molecule has 19 heavy (non-hydrogen) atoms. The third-order valence-corrected chi connectivity index (χ3v) is 2.81. The van der Waals surface area contributed by atoms with E-state index in [1.54, 1.807) is 0 Å². The Balaban J connectivity index is 2.63. The summed E-state index contributed by atoms with van der Waals surface area (Å²) < 4.78 is 52.0. The molecule has 0 amide bonds. The molecule has 0 radical (unpaired) electrons. The third-order valence-electron chi connectivity index (χ3n) is 2.31. The molecule has 2 nitrogen and oxygen atoms in total. The highest BCUT2D eigenvalue weighted by Crippen LogP contribution is 2.30. The van der Waals surface area contributed by atoms with Gasteiger partial charge in [-0.3, -0.25) is 0 Å². The molecule has 0 aliphatic rings. The van der Waals surface area contributed by atoms with Crippen LogP contribution in [0.3, 0.4) is 0 Å². The van der Waals surface area contributed by atoms with Crippen molar-refractivity contribution in [2.24, 2.45) is 0 Å². The molecule has 0 atom stereocenters. The summed E-state index contributed by atoms with van der Waals surface area (Å²) in [6.45, 7) is 1.40. The zero-order valence-corrected chi connectivity index (χ0v) is 11.2. The minimum absolute atomic E-state index is 0.00891. The van der Waals surface area contributed by atoms with Crippen molar-refractivity contribution in [3.8, 4) is 11.3 Å². The van der Waals surface area contributed by atoms with Gasteiger partial charge in [0.15, 0.2) is 0 Å². The fraction of sp³-hybridized carbons (Fsp3) is 0.167. The van der Waals surface area contributed by atoms with Crippen molar-refractivity contribution >= 4 is 15.9 Å². The van der Waals surface area contributed by atoms with E-state index in [2.05, 4.69) is 25.9 Å². The van der Waals surface area contributed by atoms with E-state index in [0.29, 0.717) is 4.47 Å². The molecule has 0 spiro atoms. The normalized spacial score (nSPS) is 11.7. The summed E-state index contributed by atoms with van der Waals surface area (Å²) in [5.74, 6) is -1.92. The topological polar surface area (TPSA) is 25.8 Å². The van der Waals surface area contributed by atoms with Gasteiger partial charge in [0.1, 0.15) is 5.82 Å². The van der Waals surface area contributed by atoms with E-state index in [1.807, 2.05) is 0 Å². The number of aromatic nitrogens is 2. The van der Waals surface area contributed by atoms with Crippen LogP contribution in [0.4, 0.5) is 17.6 Å². The lowest BCUT2D eigenvalue weighted by atomic mass is 10.1. The highest BCUT2D eigenvalue weighted by atomic mass is 79.9. The Kier molecular flexibility index (Phi) is 3.58. The predicted molar refractivity (Wildman–Crippen MR) is 64.9 cm³/mol. The molecule has 2 rings (SSSR count). The van der Waals surface area contributed by atoms with Crippen LogP contribution in [0.5, 0.6) is 0 Å². The summed E-state index contributed by atoms with van der Waals surface area (Å²) in [6, 6.07) is 5.29. The van der Waals surface area contributed by atoms with Gasteiger partial charge in [0.25, 0.3) is 0 Å². The Bertz CT molecular complexity index is 626. The van der Waals surface area contributed by atoms with Crippen LogP contribution in [0.25, 0.3) is 11.3 Å². The van der Waals surface area contributed by atoms with Crippen molar-refractivity contribution in [3.05, 3.63) is 46.1 Å². The van der Waals surface area contributed by atoms with Crippen LogP contribution >= 0.6 is 15.9 Å². The molecule has 0 bridgehead atoms. The Hall–Kier alpha value is -1.50. The fourth-order valence-electron chi connectivity index (χ4n) is 1.53. The van der Waals surface area contributed by atoms with E-state index in [0.717, 1.165) is 6.07 Å². The minimum atomic E-state index is -4.66. The second-order valence-electron chi connectivity index (χ2n) is 3.84. The number of benzene rings is 1. The number of halogens is 5. The van der Waals surface area contributed by atoms with Crippen molar-refractivity contribution in [2.75, 3.05) is 0 Å². The number of aryl methyl sites for hydroxylation is 1. The summed E-state index contributed by atoms with van der Waals surface area (Å²) in [5.41, 5.74) is 0.0145. The van der Waals surface area contributed by atoms with Crippen molar-refractivity contribution in [1.82, 2.24) is 9.97 Å². The van der Waals surface area contributed by atoms with Gasteiger partial charge in [0.05, 0.1) is 5.69 Å². The molecule has 0 fully saturated rings. The van der Waals surface area contributed by atoms with Crippen molar-refractivity contribution in [1.29, 1.82) is 0 Å². The Labute approximate surface area is 114 Å². The Morgan fingerprint density at radius 1 is 1.11 bits per heavy atom. The zero-order valence-electron chi connectivity index (χ0n) is 9.59. The molecule has 0 aliphatic heterocycles. The van der Waals surface area contributed by atoms with Crippen molar-refractivity contribution in [3.63, 3.8) is 0 Å². The van der Waals surface area contributed by atoms with Gasteiger partial charge in [-0.15, -0.1) is 0 Å². The maximum absolute atomic E-state index is 13.7. The van der Waals surface area contributed by atoms with Gasteiger partial charge >= 0.3 is 6.18 Å². The average molecular weight is 335 g/mol. The molecule has 1 aromatic heterocycles. The summed E-state index contributed by atoms with van der Waals surface area (Å²) in [7, 11) is 0. The van der Waals surface area contributed by atoms with Crippen LogP contribution < -0.4 is 0 Å². The van der Waals surface area contributed by atoms with E-state index < -0.39 is 17.8 Å². The number of hydrogen-bond acceptors (Lipinski definition) is 2. The maximum atomic E-state index is 13.7. The quantitative estimate of drug-likeness (QED) is 0.723. The van der Waals surface area contributed by atoms with Gasteiger partial charge in [-0.25, -0.2) is 14.4 Å². The van der Waals surface area contributed by atoms with Crippen molar-refractivity contribution < 1.29 is 17.6 Å². The van der Waals surface area contributed by atoms with Gasteiger partial charge in [-0.05, 0) is 31.2 Å². The lowest BCUT2D eigenvalue weighted by Gasteiger charge is -2.09. The van der Waals surface area contributed by atoms with Gasteiger partial charge < -0.3 is 0 Å². The van der Waals surface area contributed by atoms with E-state index in [4.69, 9.17) is 0 Å². The van der Waals surface area contributed by atoms with Crippen molar-refractivity contribution in [2.45, 2.75) is 13.1 Å². The lowest BCUT2D eigenvalue weighted by Crippen LogP contribution is -2.12. The first-order valence-electron chi connectivity index (χ1n) is 5.15. The first-order valence-corrected chi connectivity index (χ1v) is 5.95. The van der Waals surface area contributed by atoms with Crippen LogP contribution in [0.1, 0.15) is 11.5 Å². The van der Waals surface area contributed by atoms with Gasteiger partial charge in [0, 0.05) is 15.7 Å². The molecule has 0 saturated heterocycles. The standard InChI is InChI=1S/C12H7BrF4N2/c1-6-4-10(19-11(18-6)12(15,16)17)8-5-7(13)2-3-9(8)14/h2-5H,1H3. The monoisotopic (exact) mass is 334 g/mol. The summed E-state index contributed by atoms with van der Waals surface area (Å²) in [6.07, 6.45) is -4.66. The van der Waals surface area contributed by atoms with Crippen LogP contribution in [0.15, 0.2) is 28.7 Å². The molecule has 1 heterocycles. The third kappa shape index (κ3) is 3.09. The first-order chi connectivity index (χ1) is 8.77. The average Bonchev–Trinajstić information content (AvgIpc) is 2.30. The van der Waals surface area contributed by atoms with Crippen LogP contribution in [0.2, 0.25) is 0 Å². The maximum Gasteiger partial charge on any atom is 0.451 e. The van der Waals surface area contributed by atoms with Crippen LogP contribution in [0, 0.1) is 12.7 Å². The first kappa shape index (κ1) is 13.9. The highest BCUT2D eigenvalue weighted by Gasteiger charge is 2.35. The number of rotatable bonds is 1. The Morgan fingerprint density at radius 3 is 2.42 bits per heavy atom. The number of alkyl halides is 3. The second-order valence-corrected chi connectivity index (χ2v) is 4.76. The molecule has 0 unspecified atom stereocenters. The van der Waals surface area contributed by atoms with Crippen LogP contribution in [-0.2, 0) is 6.18 Å². The minimum Gasteiger partial charge on any atom is -0.230 e. The number of hydrogen-bond donors (Lipinski definition) is 0. The van der Waals surface area contributed by atoms with E-state index in [-0.39, 0.29) is 17.0 Å². The van der Waals surface area contributed by atoms with Gasteiger partial charge in [-0.1, -0.05) is 15.9 Å². The molecular weight excluding hydrogens is 328 g/mol. The molecule has 0 saturated carbocycles.